The van der Waals surface area contributed by atoms with Crippen molar-refractivity contribution in [2.75, 3.05) is 14.2 Å². The number of rotatable bonds is 8. The minimum atomic E-state index is 0.946. The highest BCUT2D eigenvalue weighted by Crippen LogP contribution is 2.21. The first-order valence-corrected chi connectivity index (χ1v) is 8.41. The summed E-state index contributed by atoms with van der Waals surface area (Å²) in [6.07, 6.45) is 6.04. The smallest absolute Gasteiger partial charge is 0.119 e. The Morgan fingerprint density at radius 2 is 1.09 bits per heavy atom. The molecule has 0 amide bonds. The molecule has 2 aromatic carbocycles. The van der Waals surface area contributed by atoms with Crippen LogP contribution in [0.2, 0.25) is 0 Å². The lowest BCUT2D eigenvalue weighted by molar-refractivity contribution is 0.414. The quantitative estimate of drug-likeness (QED) is 0.618. The van der Waals surface area contributed by atoms with Crippen LogP contribution < -0.4 is 9.47 Å². The fraction of sp³-hybridized carbons (Fsp3) is 0.429. The van der Waals surface area contributed by atoms with Crippen molar-refractivity contribution in [3.8, 4) is 11.5 Å². The predicted octanol–water partition coefficient (Wildman–Crippen LogP) is 5.28. The van der Waals surface area contributed by atoms with E-state index in [4.69, 9.17) is 9.47 Å². The van der Waals surface area contributed by atoms with Gasteiger partial charge in [-0.25, -0.2) is 0 Å². The van der Waals surface area contributed by atoms with Crippen LogP contribution in [-0.2, 0) is 12.8 Å². The first-order valence-electron chi connectivity index (χ1n) is 8.41. The second kappa shape index (κ2) is 8.61. The second-order valence-electron chi connectivity index (χ2n) is 6.15. The summed E-state index contributed by atoms with van der Waals surface area (Å²) < 4.78 is 10.5. The first kappa shape index (κ1) is 17.4. The van der Waals surface area contributed by atoms with Gasteiger partial charge in [0.05, 0.1) is 14.2 Å². The minimum Gasteiger partial charge on any atom is -0.497 e. The number of methoxy groups -OCH3 is 2. The lowest BCUT2D eigenvalue weighted by Crippen LogP contribution is -1.94. The molecule has 0 aliphatic heterocycles. The summed E-state index contributed by atoms with van der Waals surface area (Å²) in [6.45, 7) is 4.33. The molecular formula is C21H28O2. The molecule has 2 rings (SSSR count). The van der Waals surface area contributed by atoms with Crippen molar-refractivity contribution in [2.24, 2.45) is 0 Å². The number of aryl methyl sites for hydroxylation is 4. The Balaban J connectivity index is 1.76. The van der Waals surface area contributed by atoms with Gasteiger partial charge in [0.1, 0.15) is 11.5 Å². The zero-order chi connectivity index (χ0) is 16.7. The van der Waals surface area contributed by atoms with Crippen LogP contribution in [0.1, 0.15) is 41.5 Å². The van der Waals surface area contributed by atoms with Crippen LogP contribution in [0.4, 0.5) is 0 Å². The molecule has 0 saturated carbocycles. The highest BCUT2D eigenvalue weighted by molar-refractivity contribution is 5.35. The molecule has 0 aromatic heterocycles. The van der Waals surface area contributed by atoms with Gasteiger partial charge in [-0.3, -0.25) is 0 Å². The van der Waals surface area contributed by atoms with Crippen molar-refractivity contribution >= 4 is 0 Å². The Labute approximate surface area is 140 Å². The average molecular weight is 312 g/mol. The van der Waals surface area contributed by atoms with Crippen LogP contribution in [0.15, 0.2) is 36.4 Å². The lowest BCUT2D eigenvalue weighted by Gasteiger charge is -2.09. The Bertz CT molecular complexity index is 576. The van der Waals surface area contributed by atoms with Crippen LogP contribution in [0.25, 0.3) is 0 Å². The van der Waals surface area contributed by atoms with Crippen molar-refractivity contribution in [1.82, 2.24) is 0 Å². The average Bonchev–Trinajstić information content (AvgIpc) is 2.56. The van der Waals surface area contributed by atoms with E-state index >= 15 is 0 Å². The first-order chi connectivity index (χ1) is 11.1. The molecule has 2 aromatic rings. The molecular weight excluding hydrogens is 284 g/mol. The molecule has 2 heteroatoms. The molecule has 23 heavy (non-hydrogen) atoms. The predicted molar refractivity (Wildman–Crippen MR) is 96.7 cm³/mol. The van der Waals surface area contributed by atoms with E-state index in [0.717, 1.165) is 24.3 Å². The van der Waals surface area contributed by atoms with E-state index in [2.05, 4.69) is 50.2 Å². The summed E-state index contributed by atoms with van der Waals surface area (Å²) in [7, 11) is 3.44. The molecule has 2 nitrogen and oxygen atoms in total. The number of hydrogen-bond donors (Lipinski definition) is 0. The molecule has 0 heterocycles. The molecule has 0 atom stereocenters. The van der Waals surface area contributed by atoms with Crippen molar-refractivity contribution in [2.45, 2.75) is 46.0 Å². The highest BCUT2D eigenvalue weighted by atomic mass is 16.5. The van der Waals surface area contributed by atoms with Gasteiger partial charge >= 0.3 is 0 Å². The summed E-state index contributed by atoms with van der Waals surface area (Å²) in [5, 5.41) is 0. The van der Waals surface area contributed by atoms with Gasteiger partial charge in [0.15, 0.2) is 0 Å². The molecule has 0 aliphatic carbocycles. The molecule has 0 saturated heterocycles. The Kier molecular flexibility index (Phi) is 6.52. The number of benzene rings is 2. The monoisotopic (exact) mass is 312 g/mol. The van der Waals surface area contributed by atoms with Crippen molar-refractivity contribution < 1.29 is 9.47 Å². The van der Waals surface area contributed by atoms with Crippen LogP contribution in [0.3, 0.4) is 0 Å². The van der Waals surface area contributed by atoms with E-state index in [-0.39, 0.29) is 0 Å². The minimum absolute atomic E-state index is 0.946. The van der Waals surface area contributed by atoms with Crippen molar-refractivity contribution in [1.29, 1.82) is 0 Å². The van der Waals surface area contributed by atoms with Crippen molar-refractivity contribution in [3.05, 3.63) is 58.7 Å². The Hall–Kier alpha value is -1.96. The Morgan fingerprint density at radius 3 is 1.43 bits per heavy atom. The third kappa shape index (κ3) is 5.02. The fourth-order valence-corrected chi connectivity index (χ4v) is 2.96. The van der Waals surface area contributed by atoms with E-state index in [1.807, 2.05) is 0 Å². The van der Waals surface area contributed by atoms with E-state index in [9.17, 15) is 0 Å². The highest BCUT2D eigenvalue weighted by Gasteiger charge is 2.03. The maximum Gasteiger partial charge on any atom is 0.119 e. The number of unbranched alkanes of at least 4 members (excludes halogenated alkanes) is 2. The number of hydrogen-bond acceptors (Lipinski definition) is 2. The normalized spacial score (nSPS) is 10.6. The molecule has 0 aliphatic rings. The topological polar surface area (TPSA) is 18.5 Å². The van der Waals surface area contributed by atoms with Gasteiger partial charge in [-0.15, -0.1) is 0 Å². The van der Waals surface area contributed by atoms with Gasteiger partial charge in [-0.05, 0) is 86.1 Å². The molecule has 0 spiro atoms. The van der Waals surface area contributed by atoms with E-state index in [1.165, 1.54) is 41.5 Å². The fourth-order valence-electron chi connectivity index (χ4n) is 2.96. The molecule has 0 radical (unpaired) electrons. The standard InChI is InChI=1S/C21H28O2/c1-16-14-20(22-3)12-10-18(16)8-6-5-7-9-19-11-13-21(23-4)15-17(19)2/h10-15H,5-9H2,1-4H3. The Morgan fingerprint density at radius 1 is 0.652 bits per heavy atom. The van der Waals surface area contributed by atoms with Crippen LogP contribution in [0.5, 0.6) is 11.5 Å². The van der Waals surface area contributed by atoms with Gasteiger partial charge in [-0.2, -0.15) is 0 Å². The molecule has 0 bridgehead atoms. The summed E-state index contributed by atoms with van der Waals surface area (Å²) in [6, 6.07) is 12.8. The maximum absolute atomic E-state index is 5.26. The number of ether oxygens (including phenoxy) is 2. The van der Waals surface area contributed by atoms with Crippen LogP contribution in [0, 0.1) is 13.8 Å². The lowest BCUT2D eigenvalue weighted by atomic mass is 9.99. The van der Waals surface area contributed by atoms with Crippen molar-refractivity contribution in [3.63, 3.8) is 0 Å². The molecule has 0 unspecified atom stereocenters. The molecule has 0 fully saturated rings. The summed E-state index contributed by atoms with van der Waals surface area (Å²) in [5.41, 5.74) is 5.53. The third-order valence-corrected chi connectivity index (χ3v) is 4.49. The van der Waals surface area contributed by atoms with E-state index in [0.29, 0.717) is 0 Å². The zero-order valence-corrected chi connectivity index (χ0v) is 14.8. The van der Waals surface area contributed by atoms with E-state index < -0.39 is 0 Å². The van der Waals surface area contributed by atoms with Crippen LogP contribution >= 0.6 is 0 Å². The van der Waals surface area contributed by atoms with Gasteiger partial charge in [0.2, 0.25) is 0 Å². The second-order valence-corrected chi connectivity index (χ2v) is 6.15. The van der Waals surface area contributed by atoms with E-state index in [1.54, 1.807) is 14.2 Å². The van der Waals surface area contributed by atoms with Gasteiger partial charge in [0, 0.05) is 0 Å². The molecule has 0 N–H and O–H groups in total. The van der Waals surface area contributed by atoms with Gasteiger partial charge in [-0.1, -0.05) is 18.6 Å². The SMILES string of the molecule is COc1ccc(CCCCCc2ccc(OC)cc2C)c(C)c1. The van der Waals surface area contributed by atoms with Gasteiger partial charge in [0.25, 0.3) is 0 Å². The molecule has 124 valence electrons. The van der Waals surface area contributed by atoms with Crippen LogP contribution in [-0.4, -0.2) is 14.2 Å². The maximum atomic E-state index is 5.26. The summed E-state index contributed by atoms with van der Waals surface area (Å²) in [4.78, 5) is 0. The van der Waals surface area contributed by atoms with Gasteiger partial charge < -0.3 is 9.47 Å². The summed E-state index contributed by atoms with van der Waals surface area (Å²) >= 11 is 0. The zero-order valence-electron chi connectivity index (χ0n) is 14.8. The largest absolute Gasteiger partial charge is 0.497 e. The third-order valence-electron chi connectivity index (χ3n) is 4.49. The summed E-state index contributed by atoms with van der Waals surface area (Å²) in [5.74, 6) is 1.89.